The van der Waals surface area contributed by atoms with Gasteiger partial charge in [-0.15, -0.1) is 11.3 Å². The molecule has 16 heavy (non-hydrogen) atoms. The van der Waals surface area contributed by atoms with E-state index in [1.54, 1.807) is 19.2 Å². The van der Waals surface area contributed by atoms with Gasteiger partial charge in [0, 0.05) is 6.07 Å². The molecule has 0 aliphatic heterocycles. The number of carboxylic acids is 1. The molecule has 0 atom stereocenters. The van der Waals surface area contributed by atoms with E-state index in [0.717, 1.165) is 20.5 Å². The van der Waals surface area contributed by atoms with Crippen LogP contribution < -0.4 is 4.74 Å². The zero-order chi connectivity index (χ0) is 11.0. The van der Waals surface area contributed by atoms with Gasteiger partial charge in [0.15, 0.2) is 0 Å². The van der Waals surface area contributed by atoms with Crippen molar-refractivity contribution >= 4 is 94.8 Å². The van der Waals surface area contributed by atoms with Crippen LogP contribution >= 0.6 is 27.3 Å². The molecule has 0 aliphatic rings. The standard InChI is InChI=1S/C9H6BrNO3S.K.H/c1-14-6-3-7-5(2-4(6)10)11-8(15-7)9(12)13;;/h2-3H,1H3,(H,12,13);;. The Labute approximate surface area is 147 Å². The van der Waals surface area contributed by atoms with E-state index >= 15 is 0 Å². The van der Waals surface area contributed by atoms with E-state index < -0.39 is 5.97 Å². The Balaban J connectivity index is 0.00000128. The van der Waals surface area contributed by atoms with Crippen molar-refractivity contribution in [2.45, 2.75) is 0 Å². The number of methoxy groups -OCH3 is 1. The number of carboxylic acid groups (broad SMARTS) is 1. The topological polar surface area (TPSA) is 59.4 Å². The summed E-state index contributed by atoms with van der Waals surface area (Å²) in [6, 6.07) is 3.51. The number of nitrogens with zero attached hydrogens (tertiary/aromatic N) is 1. The van der Waals surface area contributed by atoms with Crippen LogP contribution in [0.25, 0.3) is 10.2 Å². The molecule has 0 saturated carbocycles. The Morgan fingerprint density at radius 1 is 1.56 bits per heavy atom. The van der Waals surface area contributed by atoms with Crippen LogP contribution in [0.5, 0.6) is 5.75 Å². The Morgan fingerprint density at radius 3 is 2.81 bits per heavy atom. The SMILES string of the molecule is COc1cc2sc(C(=O)O)nc2cc1Br.[KH]. The van der Waals surface area contributed by atoms with E-state index in [0.29, 0.717) is 11.3 Å². The molecule has 1 N–H and O–H groups in total. The van der Waals surface area contributed by atoms with Crippen LogP contribution in [0.3, 0.4) is 0 Å². The molecule has 0 amide bonds. The fourth-order valence-electron chi connectivity index (χ4n) is 1.18. The fourth-order valence-corrected chi connectivity index (χ4v) is 2.49. The van der Waals surface area contributed by atoms with Crippen LogP contribution in [0.15, 0.2) is 16.6 Å². The van der Waals surface area contributed by atoms with Crippen LogP contribution in [0.2, 0.25) is 0 Å². The zero-order valence-electron chi connectivity index (χ0n) is 7.65. The van der Waals surface area contributed by atoms with Crippen LogP contribution in [-0.4, -0.2) is 74.6 Å². The molecule has 0 radical (unpaired) electrons. The van der Waals surface area contributed by atoms with E-state index in [1.165, 1.54) is 0 Å². The number of aromatic nitrogens is 1. The monoisotopic (exact) mass is 327 g/mol. The normalized spacial score (nSPS) is 9.88. The molecular formula is C9H7BrKNO3S. The molecule has 2 aromatic rings. The molecular weight excluding hydrogens is 321 g/mol. The number of thiazole rings is 1. The Kier molecular flexibility index (Phi) is 5.37. The predicted octanol–water partition coefficient (Wildman–Crippen LogP) is 2.12. The van der Waals surface area contributed by atoms with E-state index in [4.69, 9.17) is 9.84 Å². The van der Waals surface area contributed by atoms with E-state index in [1.807, 2.05) is 0 Å². The average molecular weight is 328 g/mol. The molecule has 0 spiro atoms. The van der Waals surface area contributed by atoms with Gasteiger partial charge in [-0.3, -0.25) is 0 Å². The minimum absolute atomic E-state index is 0. The van der Waals surface area contributed by atoms with Crippen molar-refractivity contribution in [3.63, 3.8) is 0 Å². The van der Waals surface area contributed by atoms with Crippen LogP contribution in [0.4, 0.5) is 0 Å². The van der Waals surface area contributed by atoms with Crippen molar-refractivity contribution in [3.05, 3.63) is 21.6 Å². The number of ether oxygens (including phenoxy) is 1. The first-order valence-electron chi connectivity index (χ1n) is 3.99. The average Bonchev–Trinajstić information content (AvgIpc) is 2.59. The summed E-state index contributed by atoms with van der Waals surface area (Å²) in [6.45, 7) is 0. The maximum atomic E-state index is 10.7. The molecule has 0 bridgehead atoms. The molecule has 0 unspecified atom stereocenters. The van der Waals surface area contributed by atoms with E-state index in [-0.39, 0.29) is 56.4 Å². The summed E-state index contributed by atoms with van der Waals surface area (Å²) in [7, 11) is 1.56. The van der Waals surface area contributed by atoms with Gasteiger partial charge in [0.05, 0.1) is 21.8 Å². The first kappa shape index (κ1) is 14.6. The summed E-state index contributed by atoms with van der Waals surface area (Å²) in [5.41, 5.74) is 0.657. The molecule has 1 heterocycles. The Hall–Kier alpha value is 0.496. The summed E-state index contributed by atoms with van der Waals surface area (Å²) in [5, 5.41) is 8.87. The van der Waals surface area contributed by atoms with Crippen LogP contribution in [0, 0.1) is 0 Å². The number of fused-ring (bicyclic) bond motifs is 1. The third-order valence-corrected chi connectivity index (χ3v) is 3.47. The van der Waals surface area contributed by atoms with Gasteiger partial charge in [-0.1, -0.05) is 0 Å². The van der Waals surface area contributed by atoms with Crippen LogP contribution in [-0.2, 0) is 0 Å². The second-order valence-corrected chi connectivity index (χ2v) is 4.66. The number of rotatable bonds is 2. The molecule has 0 fully saturated rings. The molecule has 1 aromatic heterocycles. The van der Waals surface area contributed by atoms with E-state index in [2.05, 4.69) is 20.9 Å². The van der Waals surface area contributed by atoms with Crippen molar-refractivity contribution in [2.24, 2.45) is 0 Å². The molecule has 4 nitrogen and oxygen atoms in total. The van der Waals surface area contributed by atoms with Gasteiger partial charge in [-0.25, -0.2) is 9.78 Å². The Morgan fingerprint density at radius 2 is 2.25 bits per heavy atom. The van der Waals surface area contributed by atoms with Gasteiger partial charge in [0.25, 0.3) is 0 Å². The van der Waals surface area contributed by atoms with Gasteiger partial charge in [-0.2, -0.15) is 0 Å². The van der Waals surface area contributed by atoms with Crippen molar-refractivity contribution < 1.29 is 14.6 Å². The van der Waals surface area contributed by atoms with Crippen molar-refractivity contribution in [3.8, 4) is 5.75 Å². The molecule has 80 valence electrons. The van der Waals surface area contributed by atoms with Crippen molar-refractivity contribution in [1.29, 1.82) is 0 Å². The van der Waals surface area contributed by atoms with Crippen LogP contribution in [0.1, 0.15) is 9.80 Å². The number of carbonyl (C=O) groups is 1. The second kappa shape index (κ2) is 5.90. The quantitative estimate of drug-likeness (QED) is 0.858. The van der Waals surface area contributed by atoms with Crippen molar-refractivity contribution in [1.82, 2.24) is 4.98 Å². The summed E-state index contributed by atoms with van der Waals surface area (Å²) in [5.74, 6) is -0.339. The Bertz CT molecular complexity index is 543. The number of aromatic carboxylic acids is 1. The first-order valence-corrected chi connectivity index (χ1v) is 5.60. The maximum absolute atomic E-state index is 10.7. The summed E-state index contributed by atoms with van der Waals surface area (Å²) in [6.07, 6.45) is 0. The predicted molar refractivity (Wildman–Crippen MR) is 68.0 cm³/mol. The summed E-state index contributed by atoms with van der Waals surface area (Å²) >= 11 is 4.45. The molecule has 2 rings (SSSR count). The summed E-state index contributed by atoms with van der Waals surface area (Å²) < 4.78 is 6.67. The third kappa shape index (κ3) is 2.84. The molecule has 0 aliphatic carbocycles. The van der Waals surface area contributed by atoms with Gasteiger partial charge in [0.2, 0.25) is 5.01 Å². The van der Waals surface area contributed by atoms with Gasteiger partial charge >= 0.3 is 57.4 Å². The number of hydrogen-bond donors (Lipinski definition) is 1. The minimum atomic E-state index is -1.01. The number of hydrogen-bond acceptors (Lipinski definition) is 4. The van der Waals surface area contributed by atoms with Gasteiger partial charge < -0.3 is 9.84 Å². The van der Waals surface area contributed by atoms with Gasteiger partial charge in [0.1, 0.15) is 5.75 Å². The van der Waals surface area contributed by atoms with E-state index in [9.17, 15) is 4.79 Å². The second-order valence-electron chi connectivity index (χ2n) is 2.78. The number of benzene rings is 1. The zero-order valence-corrected chi connectivity index (χ0v) is 10.1. The molecule has 0 saturated heterocycles. The first-order chi connectivity index (χ1) is 7.11. The van der Waals surface area contributed by atoms with Gasteiger partial charge in [-0.05, 0) is 22.0 Å². The molecule has 7 heteroatoms. The fraction of sp³-hybridized carbons (Fsp3) is 0.111. The molecule has 1 aromatic carbocycles. The third-order valence-electron chi connectivity index (χ3n) is 1.84. The van der Waals surface area contributed by atoms with Crippen molar-refractivity contribution in [2.75, 3.05) is 7.11 Å². The summed E-state index contributed by atoms with van der Waals surface area (Å²) in [4.78, 5) is 14.7. The number of halogens is 1.